The first-order valence-corrected chi connectivity index (χ1v) is 4.90. The van der Waals surface area contributed by atoms with Crippen LogP contribution in [0, 0.1) is 17.3 Å². The van der Waals surface area contributed by atoms with E-state index in [0.29, 0.717) is 17.0 Å². The maximum absolute atomic E-state index is 7.30. The molecule has 4 heteroatoms. The number of benzene rings is 1. The number of nitrogen functional groups attached to an aromatic ring is 1. The van der Waals surface area contributed by atoms with Crippen molar-refractivity contribution < 1.29 is 0 Å². The first kappa shape index (κ1) is 11.6. The van der Waals surface area contributed by atoms with Gasteiger partial charge >= 0.3 is 0 Å². The minimum Gasteiger partial charge on any atom is -0.384 e. The molecule has 0 fully saturated rings. The monoisotopic (exact) mass is 219 g/mol. The van der Waals surface area contributed by atoms with Gasteiger partial charge in [0, 0.05) is 16.0 Å². The van der Waals surface area contributed by atoms with Crippen LogP contribution < -0.4 is 11.1 Å². The van der Waals surface area contributed by atoms with Gasteiger partial charge in [-0.2, -0.15) is 0 Å². The normalized spacial score (nSPS) is 9.20. The lowest BCUT2D eigenvalue weighted by Gasteiger charge is -2.02. The van der Waals surface area contributed by atoms with Gasteiger partial charge in [0.25, 0.3) is 0 Å². The fourth-order valence-corrected chi connectivity index (χ4v) is 1.41. The molecule has 0 aliphatic carbocycles. The van der Waals surface area contributed by atoms with Crippen LogP contribution in [0.1, 0.15) is 11.1 Å². The standard InChI is InChI=1S/C11H13N3S/c1-14-6-2-3-8-4-5-9(11(12)13)10(15)7-8/h4-5,7,14-15H,6H2,1H3,(H3,12,13). The van der Waals surface area contributed by atoms with Crippen molar-refractivity contribution in [2.24, 2.45) is 5.73 Å². The van der Waals surface area contributed by atoms with E-state index in [0.717, 1.165) is 5.56 Å². The van der Waals surface area contributed by atoms with Crippen LogP contribution in [0.25, 0.3) is 0 Å². The van der Waals surface area contributed by atoms with Gasteiger partial charge < -0.3 is 11.1 Å². The van der Waals surface area contributed by atoms with Gasteiger partial charge in [0.05, 0.1) is 6.54 Å². The molecule has 0 radical (unpaired) electrons. The summed E-state index contributed by atoms with van der Waals surface area (Å²) in [5, 5.41) is 10.2. The molecule has 0 saturated heterocycles. The van der Waals surface area contributed by atoms with E-state index in [1.165, 1.54) is 0 Å². The highest BCUT2D eigenvalue weighted by Crippen LogP contribution is 2.14. The van der Waals surface area contributed by atoms with Gasteiger partial charge in [0.1, 0.15) is 5.84 Å². The molecule has 15 heavy (non-hydrogen) atoms. The van der Waals surface area contributed by atoms with Gasteiger partial charge in [0.2, 0.25) is 0 Å². The molecule has 1 aromatic rings. The molecular weight excluding hydrogens is 206 g/mol. The maximum Gasteiger partial charge on any atom is 0.123 e. The largest absolute Gasteiger partial charge is 0.384 e. The highest BCUT2D eigenvalue weighted by Gasteiger charge is 2.01. The van der Waals surface area contributed by atoms with E-state index in [1.807, 2.05) is 19.2 Å². The van der Waals surface area contributed by atoms with Crippen molar-refractivity contribution in [2.45, 2.75) is 4.90 Å². The lowest BCUT2D eigenvalue weighted by atomic mass is 10.1. The number of nitrogens with one attached hydrogen (secondary N) is 2. The average Bonchev–Trinajstić information content (AvgIpc) is 2.17. The number of rotatable bonds is 2. The van der Waals surface area contributed by atoms with Crippen molar-refractivity contribution in [2.75, 3.05) is 13.6 Å². The molecule has 0 heterocycles. The summed E-state index contributed by atoms with van der Waals surface area (Å²) in [7, 11) is 1.84. The lowest BCUT2D eigenvalue weighted by molar-refractivity contribution is 0.938. The van der Waals surface area contributed by atoms with Gasteiger partial charge in [0.15, 0.2) is 0 Å². The Labute approximate surface area is 95.0 Å². The zero-order valence-corrected chi connectivity index (χ0v) is 9.36. The number of amidine groups is 1. The van der Waals surface area contributed by atoms with Crippen molar-refractivity contribution in [3.63, 3.8) is 0 Å². The van der Waals surface area contributed by atoms with E-state index in [2.05, 4.69) is 29.8 Å². The van der Waals surface area contributed by atoms with Crippen molar-refractivity contribution >= 4 is 18.5 Å². The van der Waals surface area contributed by atoms with Crippen LogP contribution in [0.15, 0.2) is 23.1 Å². The quantitative estimate of drug-likeness (QED) is 0.258. The van der Waals surface area contributed by atoms with E-state index in [9.17, 15) is 0 Å². The zero-order valence-electron chi connectivity index (χ0n) is 8.46. The summed E-state index contributed by atoms with van der Waals surface area (Å²) in [6.45, 7) is 0.649. The highest BCUT2D eigenvalue weighted by atomic mass is 32.1. The lowest BCUT2D eigenvalue weighted by Crippen LogP contribution is -2.11. The molecule has 1 aromatic carbocycles. The van der Waals surface area contributed by atoms with Crippen molar-refractivity contribution in [1.82, 2.24) is 5.32 Å². The minimum atomic E-state index is 0.0229. The second kappa shape index (κ2) is 5.44. The molecule has 0 amide bonds. The van der Waals surface area contributed by atoms with E-state index in [1.54, 1.807) is 6.07 Å². The molecule has 0 aliphatic rings. The molecular formula is C11H13N3S. The SMILES string of the molecule is CNCC#Cc1ccc(C(=N)N)c(S)c1. The van der Waals surface area contributed by atoms with E-state index in [-0.39, 0.29) is 5.84 Å². The molecule has 0 spiro atoms. The summed E-state index contributed by atoms with van der Waals surface area (Å²) in [5.41, 5.74) is 6.89. The summed E-state index contributed by atoms with van der Waals surface area (Å²) in [6, 6.07) is 5.40. The van der Waals surface area contributed by atoms with Crippen LogP contribution in [0.2, 0.25) is 0 Å². The molecule has 0 aromatic heterocycles. The molecule has 0 aliphatic heterocycles. The molecule has 4 N–H and O–H groups in total. The van der Waals surface area contributed by atoms with Gasteiger partial charge in [-0.25, -0.2) is 0 Å². The molecule has 0 saturated carbocycles. The Kier molecular flexibility index (Phi) is 4.22. The first-order chi connectivity index (χ1) is 7.15. The van der Waals surface area contributed by atoms with Crippen LogP contribution in [-0.2, 0) is 0 Å². The number of thiol groups is 1. The molecule has 1 rings (SSSR count). The predicted molar refractivity (Wildman–Crippen MR) is 65.5 cm³/mol. The third-order valence-electron chi connectivity index (χ3n) is 1.79. The smallest absolute Gasteiger partial charge is 0.123 e. The summed E-state index contributed by atoms with van der Waals surface area (Å²) < 4.78 is 0. The van der Waals surface area contributed by atoms with E-state index in [4.69, 9.17) is 11.1 Å². The van der Waals surface area contributed by atoms with Crippen molar-refractivity contribution in [3.05, 3.63) is 29.3 Å². The van der Waals surface area contributed by atoms with Crippen LogP contribution in [0.5, 0.6) is 0 Å². The summed E-state index contributed by atoms with van der Waals surface area (Å²) in [5.74, 6) is 5.95. The van der Waals surface area contributed by atoms with E-state index >= 15 is 0 Å². The second-order valence-electron chi connectivity index (χ2n) is 2.98. The number of hydrogen-bond donors (Lipinski definition) is 4. The van der Waals surface area contributed by atoms with Crippen LogP contribution in [0.4, 0.5) is 0 Å². The number of nitrogens with two attached hydrogens (primary N) is 1. The van der Waals surface area contributed by atoms with Gasteiger partial charge in [-0.3, -0.25) is 5.41 Å². The Bertz CT molecular complexity index is 429. The molecule has 0 bridgehead atoms. The fraction of sp³-hybridized carbons (Fsp3) is 0.182. The van der Waals surface area contributed by atoms with Crippen LogP contribution >= 0.6 is 12.6 Å². The Hall–Kier alpha value is -1.44. The molecule has 0 unspecified atom stereocenters. The zero-order chi connectivity index (χ0) is 11.3. The summed E-state index contributed by atoms with van der Waals surface area (Å²) in [4.78, 5) is 0.679. The molecule has 3 nitrogen and oxygen atoms in total. The first-order valence-electron chi connectivity index (χ1n) is 4.46. The van der Waals surface area contributed by atoms with Crippen LogP contribution in [0.3, 0.4) is 0 Å². The average molecular weight is 219 g/mol. The molecule has 0 atom stereocenters. The Balaban J connectivity index is 2.93. The Morgan fingerprint density at radius 2 is 2.33 bits per heavy atom. The van der Waals surface area contributed by atoms with Gasteiger partial charge in [-0.15, -0.1) is 12.6 Å². The Morgan fingerprint density at radius 1 is 1.60 bits per heavy atom. The van der Waals surface area contributed by atoms with Gasteiger partial charge in [-0.05, 0) is 25.2 Å². The van der Waals surface area contributed by atoms with Gasteiger partial charge in [-0.1, -0.05) is 11.8 Å². The third kappa shape index (κ3) is 3.31. The maximum atomic E-state index is 7.30. The summed E-state index contributed by atoms with van der Waals surface area (Å²) in [6.07, 6.45) is 0. The third-order valence-corrected chi connectivity index (χ3v) is 2.16. The number of hydrogen-bond acceptors (Lipinski definition) is 3. The van der Waals surface area contributed by atoms with E-state index < -0.39 is 0 Å². The highest BCUT2D eigenvalue weighted by molar-refractivity contribution is 7.80. The van der Waals surface area contributed by atoms with Crippen molar-refractivity contribution in [3.8, 4) is 11.8 Å². The molecule has 78 valence electrons. The summed E-state index contributed by atoms with van der Waals surface area (Å²) >= 11 is 4.25. The Morgan fingerprint density at radius 3 is 2.87 bits per heavy atom. The topological polar surface area (TPSA) is 61.9 Å². The fourth-order valence-electron chi connectivity index (χ4n) is 1.07. The second-order valence-corrected chi connectivity index (χ2v) is 3.46. The predicted octanol–water partition coefficient (Wildman–Crippen LogP) is 0.830. The van der Waals surface area contributed by atoms with Crippen molar-refractivity contribution in [1.29, 1.82) is 5.41 Å². The van der Waals surface area contributed by atoms with Crippen LogP contribution in [-0.4, -0.2) is 19.4 Å². The minimum absolute atomic E-state index is 0.0229.